The highest BCUT2D eigenvalue weighted by atomic mass is 32.1. The normalized spacial score (nSPS) is 11.3. The maximum absolute atomic E-state index is 5.27. The van der Waals surface area contributed by atoms with Crippen molar-refractivity contribution in [1.29, 1.82) is 0 Å². The molecule has 0 unspecified atom stereocenters. The zero-order chi connectivity index (χ0) is 35.0. The smallest absolute Gasteiger partial charge is 0.238 e. The Bertz CT molecular complexity index is 2770. The minimum atomic E-state index is 0.552. The van der Waals surface area contributed by atoms with Crippen LogP contribution < -0.4 is 0 Å². The van der Waals surface area contributed by atoms with Crippen molar-refractivity contribution in [1.82, 2.24) is 24.5 Å². The summed E-state index contributed by atoms with van der Waals surface area (Å²) in [7, 11) is 0. The van der Waals surface area contributed by atoms with E-state index in [1.165, 1.54) is 10.1 Å². The Morgan fingerprint density at radius 3 is 1.62 bits per heavy atom. The Balaban J connectivity index is 0.00000177. The van der Waals surface area contributed by atoms with Gasteiger partial charge in [0, 0.05) is 38.2 Å². The first-order valence-electron chi connectivity index (χ1n) is 17.6. The molecule has 248 valence electrons. The van der Waals surface area contributed by atoms with Crippen LogP contribution in [0.3, 0.4) is 0 Å². The van der Waals surface area contributed by atoms with Gasteiger partial charge in [0.15, 0.2) is 11.6 Å². The molecule has 52 heavy (non-hydrogen) atoms. The number of hydrogen-bond donors (Lipinski definition) is 0. The molecule has 10 rings (SSSR count). The molecule has 6 heteroatoms. The van der Waals surface area contributed by atoms with Gasteiger partial charge in [-0.3, -0.25) is 9.55 Å². The molecule has 4 heterocycles. The van der Waals surface area contributed by atoms with E-state index < -0.39 is 0 Å². The van der Waals surface area contributed by atoms with Crippen molar-refractivity contribution in [3.05, 3.63) is 164 Å². The number of pyridine rings is 1. The van der Waals surface area contributed by atoms with Crippen molar-refractivity contribution < 1.29 is 0 Å². The molecule has 0 aliphatic carbocycles. The molecule has 0 aliphatic heterocycles. The summed E-state index contributed by atoms with van der Waals surface area (Å²) in [4.78, 5) is 20.8. The molecule has 6 aromatic carbocycles. The van der Waals surface area contributed by atoms with E-state index in [1.54, 1.807) is 11.3 Å². The topological polar surface area (TPSA) is 56.5 Å². The van der Waals surface area contributed by atoms with E-state index in [2.05, 4.69) is 150 Å². The highest BCUT2D eigenvalue weighted by molar-refractivity contribution is 7.26. The molecule has 4 aromatic heterocycles. The average Bonchev–Trinajstić information content (AvgIpc) is 3.78. The second kappa shape index (κ2) is 13.3. The third kappa shape index (κ3) is 5.41. The summed E-state index contributed by atoms with van der Waals surface area (Å²) in [5, 5.41) is 3.41. The van der Waals surface area contributed by atoms with Gasteiger partial charge in [0.05, 0.1) is 21.3 Å². The lowest BCUT2D eigenvalue weighted by atomic mass is 10.0. The molecule has 0 saturated heterocycles. The van der Waals surface area contributed by atoms with E-state index in [-0.39, 0.29) is 0 Å². The molecule has 10 aromatic rings. The van der Waals surface area contributed by atoms with Crippen molar-refractivity contribution in [2.45, 2.75) is 13.8 Å². The fourth-order valence-corrected chi connectivity index (χ4v) is 8.05. The first kappa shape index (κ1) is 31.5. The first-order valence-corrected chi connectivity index (χ1v) is 18.4. The number of nitrogens with zero attached hydrogens (tertiary/aromatic N) is 5. The summed E-state index contributed by atoms with van der Waals surface area (Å²) >= 11 is 1.76. The van der Waals surface area contributed by atoms with Crippen LogP contribution in [-0.4, -0.2) is 24.5 Å². The number of fused-ring (bicyclic) bond motifs is 7. The summed E-state index contributed by atoms with van der Waals surface area (Å²) in [5.74, 6) is 1.76. The Hall–Kier alpha value is -6.50. The quantitative estimate of drug-likeness (QED) is 0.181. The summed E-state index contributed by atoms with van der Waals surface area (Å²) < 4.78 is 4.54. The van der Waals surface area contributed by atoms with Gasteiger partial charge in [0.1, 0.15) is 0 Å². The van der Waals surface area contributed by atoms with Crippen LogP contribution in [0, 0.1) is 0 Å². The van der Waals surface area contributed by atoms with Crippen LogP contribution in [0.2, 0.25) is 0 Å². The number of hydrogen-bond acceptors (Lipinski definition) is 5. The first-order chi connectivity index (χ1) is 25.8. The molecule has 0 radical (unpaired) electrons. The van der Waals surface area contributed by atoms with Gasteiger partial charge in [0.25, 0.3) is 0 Å². The van der Waals surface area contributed by atoms with Crippen molar-refractivity contribution >= 4 is 53.4 Å². The third-order valence-corrected chi connectivity index (χ3v) is 10.4. The molecule has 5 nitrogen and oxygen atoms in total. The van der Waals surface area contributed by atoms with Crippen LogP contribution in [0.25, 0.3) is 93.1 Å². The summed E-state index contributed by atoms with van der Waals surface area (Å²) in [5.41, 5.74) is 9.24. The predicted octanol–water partition coefficient (Wildman–Crippen LogP) is 12.4. The van der Waals surface area contributed by atoms with Gasteiger partial charge in [-0.15, -0.1) is 11.3 Å². The molecule has 0 aliphatic rings. The van der Waals surface area contributed by atoms with E-state index in [4.69, 9.17) is 19.9 Å². The van der Waals surface area contributed by atoms with E-state index in [0.29, 0.717) is 17.6 Å². The highest BCUT2D eigenvalue weighted by Crippen LogP contribution is 2.42. The fraction of sp³-hybridized carbons (Fsp3) is 0.0435. The van der Waals surface area contributed by atoms with Crippen molar-refractivity contribution in [2.75, 3.05) is 0 Å². The number of benzene rings is 6. The minimum Gasteiger partial charge on any atom is -0.275 e. The van der Waals surface area contributed by atoms with E-state index in [1.807, 2.05) is 32.2 Å². The second-order valence-corrected chi connectivity index (χ2v) is 13.4. The van der Waals surface area contributed by atoms with Crippen LogP contribution in [0.15, 0.2) is 164 Å². The van der Waals surface area contributed by atoms with E-state index in [9.17, 15) is 0 Å². The van der Waals surface area contributed by atoms with Gasteiger partial charge in [-0.25, -0.2) is 4.98 Å². The summed E-state index contributed by atoms with van der Waals surface area (Å²) in [6, 6.07) is 54.7. The number of para-hydroxylation sites is 1. The molecule has 0 saturated carbocycles. The van der Waals surface area contributed by atoms with Crippen molar-refractivity contribution in [3.8, 4) is 51.0 Å². The lowest BCUT2D eigenvalue weighted by Crippen LogP contribution is -2.06. The minimum absolute atomic E-state index is 0.552. The Morgan fingerprint density at radius 1 is 0.462 bits per heavy atom. The molecular weight excluding hydrogens is 655 g/mol. The van der Waals surface area contributed by atoms with Gasteiger partial charge in [-0.05, 0) is 46.5 Å². The standard InChI is InChI=1S/C44H27N5S.C2H6/c1-3-13-28(14-4-1)30-17-11-19-32(25-30)42-46-43(33-20-12-18-31(26-33)29-15-5-2-6-16-29)48-44(47-42)49-36-23-9-7-21-34(36)40-41(49)39-35-22-8-10-24-37(35)50-38(39)27-45-40;1-2/h1-27H;1-2H3. The SMILES string of the molecule is CC.c1ccc(-c2cccc(-c3nc(-c4cccc(-c5ccccc5)c4)nc(-n4c5ccccc5c5ncc6sc7ccccc7c6c54)n3)c2)cc1. The van der Waals surface area contributed by atoms with E-state index in [0.717, 1.165) is 65.4 Å². The molecule has 0 amide bonds. The van der Waals surface area contributed by atoms with Gasteiger partial charge >= 0.3 is 0 Å². The van der Waals surface area contributed by atoms with Gasteiger partial charge in [0.2, 0.25) is 5.95 Å². The van der Waals surface area contributed by atoms with Gasteiger partial charge < -0.3 is 0 Å². The van der Waals surface area contributed by atoms with Crippen molar-refractivity contribution in [2.24, 2.45) is 0 Å². The number of rotatable bonds is 5. The molecule has 0 atom stereocenters. The largest absolute Gasteiger partial charge is 0.275 e. The molecule has 0 spiro atoms. The Morgan fingerprint density at radius 2 is 0.981 bits per heavy atom. The molecular formula is C46H33N5S. The van der Waals surface area contributed by atoms with Crippen LogP contribution in [0.4, 0.5) is 0 Å². The number of aromatic nitrogens is 5. The Kier molecular flexibility index (Phi) is 8.07. The van der Waals surface area contributed by atoms with Crippen LogP contribution in [0.5, 0.6) is 0 Å². The maximum Gasteiger partial charge on any atom is 0.238 e. The fourth-order valence-electron chi connectivity index (χ4n) is 6.97. The van der Waals surface area contributed by atoms with Gasteiger partial charge in [-0.1, -0.05) is 147 Å². The lowest BCUT2D eigenvalue weighted by Gasteiger charge is -2.12. The molecule has 0 fully saturated rings. The third-order valence-electron chi connectivity index (χ3n) is 9.30. The zero-order valence-electron chi connectivity index (χ0n) is 28.7. The molecule has 0 bridgehead atoms. The van der Waals surface area contributed by atoms with Crippen LogP contribution in [-0.2, 0) is 0 Å². The maximum atomic E-state index is 5.27. The van der Waals surface area contributed by atoms with Crippen LogP contribution >= 0.6 is 11.3 Å². The Labute approximate surface area is 305 Å². The molecule has 0 N–H and O–H groups in total. The predicted molar refractivity (Wildman–Crippen MR) is 218 cm³/mol. The highest BCUT2D eigenvalue weighted by Gasteiger charge is 2.22. The lowest BCUT2D eigenvalue weighted by molar-refractivity contribution is 0.955. The van der Waals surface area contributed by atoms with Crippen molar-refractivity contribution in [3.63, 3.8) is 0 Å². The summed E-state index contributed by atoms with van der Waals surface area (Å²) in [6.45, 7) is 4.00. The monoisotopic (exact) mass is 687 g/mol. The second-order valence-electron chi connectivity index (χ2n) is 12.3. The van der Waals surface area contributed by atoms with Gasteiger partial charge in [-0.2, -0.15) is 9.97 Å². The summed E-state index contributed by atoms with van der Waals surface area (Å²) in [6.07, 6.45) is 2.01. The van der Waals surface area contributed by atoms with Crippen LogP contribution in [0.1, 0.15) is 13.8 Å². The number of thiophene rings is 1. The zero-order valence-corrected chi connectivity index (χ0v) is 29.5. The van der Waals surface area contributed by atoms with E-state index >= 15 is 0 Å². The average molecular weight is 688 g/mol.